The predicted octanol–water partition coefficient (Wildman–Crippen LogP) is 4.89. The van der Waals surface area contributed by atoms with Gasteiger partial charge in [-0.15, -0.1) is 0 Å². The molecule has 3 heterocycles. The minimum atomic E-state index is 0.0167. The van der Waals surface area contributed by atoms with Crippen LogP contribution in [0.15, 0.2) is 77.6 Å². The van der Waals surface area contributed by atoms with E-state index in [1.54, 1.807) is 4.57 Å². The molecule has 0 saturated carbocycles. The van der Waals surface area contributed by atoms with Crippen LogP contribution in [0.5, 0.6) is 11.5 Å². The number of fused-ring (bicyclic) bond motifs is 6. The van der Waals surface area contributed by atoms with Crippen molar-refractivity contribution in [3.63, 3.8) is 0 Å². The topological polar surface area (TPSA) is 59.9 Å². The zero-order valence-electron chi connectivity index (χ0n) is 15.6. The number of rotatable bonds is 2. The zero-order chi connectivity index (χ0) is 19.4. The molecule has 3 aromatic carbocycles. The van der Waals surface area contributed by atoms with Gasteiger partial charge in [-0.05, 0) is 54.4 Å². The van der Waals surface area contributed by atoms with E-state index < -0.39 is 0 Å². The van der Waals surface area contributed by atoms with Crippen LogP contribution >= 0.6 is 0 Å². The second-order valence-electron chi connectivity index (χ2n) is 7.26. The van der Waals surface area contributed by atoms with Crippen molar-refractivity contribution in [3.05, 3.63) is 88.7 Å². The first-order valence-corrected chi connectivity index (χ1v) is 9.65. The molecule has 6 rings (SSSR count). The molecule has 0 amide bonds. The fourth-order valence-corrected chi connectivity index (χ4v) is 4.16. The predicted molar refractivity (Wildman–Crippen MR) is 114 cm³/mol. The minimum Gasteiger partial charge on any atom is -0.457 e. The lowest BCUT2D eigenvalue weighted by Crippen LogP contribution is -2.27. The number of nitrogens with one attached hydrogen (secondary N) is 1. The molecule has 1 N–H and O–H groups in total. The molecule has 0 atom stereocenters. The lowest BCUT2D eigenvalue weighted by Gasteiger charge is -2.18. The summed E-state index contributed by atoms with van der Waals surface area (Å²) in [5, 5.41) is 1.77. The maximum absolute atomic E-state index is 12.9. The molecule has 1 aliphatic rings. The van der Waals surface area contributed by atoms with Crippen molar-refractivity contribution < 1.29 is 4.74 Å². The van der Waals surface area contributed by atoms with E-state index in [0.29, 0.717) is 17.8 Å². The van der Waals surface area contributed by atoms with Gasteiger partial charge >= 0.3 is 0 Å². The van der Waals surface area contributed by atoms with Gasteiger partial charge in [-0.1, -0.05) is 30.3 Å². The van der Waals surface area contributed by atoms with E-state index in [9.17, 15) is 4.79 Å². The van der Waals surface area contributed by atoms with Gasteiger partial charge in [-0.25, -0.2) is 4.98 Å². The number of benzene rings is 3. The molecule has 2 aromatic heterocycles. The van der Waals surface area contributed by atoms with Crippen molar-refractivity contribution in [2.45, 2.75) is 13.0 Å². The average Bonchev–Trinajstić information content (AvgIpc) is 3.13. The summed E-state index contributed by atoms with van der Waals surface area (Å²) in [5.74, 6) is 2.30. The Morgan fingerprint density at radius 2 is 1.72 bits per heavy atom. The summed E-state index contributed by atoms with van der Waals surface area (Å²) in [6, 6.07) is 23.3. The number of aryl methyl sites for hydroxylation is 1. The normalized spacial score (nSPS) is 12.7. The Balaban J connectivity index is 1.52. The average molecular weight is 379 g/mol. The van der Waals surface area contributed by atoms with E-state index in [2.05, 4.69) is 11.1 Å². The van der Waals surface area contributed by atoms with Gasteiger partial charge in [0.25, 0.3) is 5.56 Å². The van der Waals surface area contributed by atoms with Crippen LogP contribution in [0.2, 0.25) is 0 Å². The van der Waals surface area contributed by atoms with Crippen LogP contribution in [0.25, 0.3) is 33.3 Å². The minimum absolute atomic E-state index is 0.0167. The highest BCUT2D eigenvalue weighted by atomic mass is 16.5. The number of nitrogens with zero attached hydrogens (tertiary/aromatic N) is 2. The highest BCUT2D eigenvalue weighted by Crippen LogP contribution is 2.36. The van der Waals surface area contributed by atoms with Crippen LogP contribution in [0, 0.1) is 0 Å². The smallest absolute Gasteiger partial charge is 0.261 e. The van der Waals surface area contributed by atoms with Crippen LogP contribution in [0.1, 0.15) is 5.56 Å². The van der Waals surface area contributed by atoms with Crippen LogP contribution in [-0.2, 0) is 13.0 Å². The van der Waals surface area contributed by atoms with Crippen LogP contribution in [0.3, 0.4) is 0 Å². The van der Waals surface area contributed by atoms with E-state index in [0.717, 1.165) is 40.0 Å². The Bertz CT molecular complexity index is 1450. The van der Waals surface area contributed by atoms with E-state index in [1.165, 1.54) is 5.56 Å². The molecule has 5 nitrogen and oxygen atoms in total. The van der Waals surface area contributed by atoms with Crippen molar-refractivity contribution in [2.75, 3.05) is 0 Å². The summed E-state index contributed by atoms with van der Waals surface area (Å²) in [5.41, 5.74) is 3.87. The molecule has 0 radical (unpaired) electrons. The van der Waals surface area contributed by atoms with Gasteiger partial charge in [0.2, 0.25) is 0 Å². The first kappa shape index (κ1) is 16.1. The first-order chi connectivity index (χ1) is 14.3. The summed E-state index contributed by atoms with van der Waals surface area (Å²) < 4.78 is 7.79. The van der Waals surface area contributed by atoms with E-state index in [-0.39, 0.29) is 5.56 Å². The highest BCUT2D eigenvalue weighted by molar-refractivity contribution is 5.92. The molecule has 1 aliphatic heterocycles. The van der Waals surface area contributed by atoms with E-state index in [1.807, 2.05) is 66.7 Å². The van der Waals surface area contributed by atoms with Crippen molar-refractivity contribution in [1.82, 2.24) is 14.5 Å². The molecule has 140 valence electrons. The highest BCUT2D eigenvalue weighted by Gasteiger charge is 2.24. The largest absolute Gasteiger partial charge is 0.457 e. The number of ether oxygens (including phenoxy) is 1. The lowest BCUT2D eigenvalue weighted by atomic mass is 10.0. The van der Waals surface area contributed by atoms with Gasteiger partial charge in [0.15, 0.2) is 5.82 Å². The van der Waals surface area contributed by atoms with Crippen molar-refractivity contribution in [3.8, 4) is 23.0 Å². The van der Waals surface area contributed by atoms with E-state index in [4.69, 9.17) is 9.72 Å². The standard InChI is InChI=1S/C24H17N3O2/c28-24-18-8-4-5-9-20(18)26-23-22-17(12-13-27(23)24)19-14-16(10-11-21(19)25-22)29-15-6-2-1-3-7-15/h1-11,14,25H,12-13H2. The summed E-state index contributed by atoms with van der Waals surface area (Å²) in [4.78, 5) is 21.2. The number of hydrogen-bond acceptors (Lipinski definition) is 3. The molecular formula is C24H17N3O2. The van der Waals surface area contributed by atoms with Crippen molar-refractivity contribution in [2.24, 2.45) is 0 Å². The molecule has 5 heteroatoms. The van der Waals surface area contributed by atoms with Gasteiger partial charge < -0.3 is 9.72 Å². The van der Waals surface area contributed by atoms with Crippen LogP contribution in [0.4, 0.5) is 0 Å². The Morgan fingerprint density at radius 1 is 0.897 bits per heavy atom. The second kappa shape index (κ2) is 6.07. The molecular weight excluding hydrogens is 362 g/mol. The summed E-state index contributed by atoms with van der Waals surface area (Å²) in [6.45, 7) is 0.621. The van der Waals surface area contributed by atoms with Gasteiger partial charge in [0.05, 0.1) is 16.6 Å². The fraction of sp³-hybridized carbons (Fsp3) is 0.0833. The monoisotopic (exact) mass is 379 g/mol. The molecule has 0 bridgehead atoms. The number of para-hydroxylation sites is 2. The van der Waals surface area contributed by atoms with E-state index >= 15 is 0 Å². The molecule has 0 aliphatic carbocycles. The SMILES string of the molecule is O=c1c2ccccc2nc2n1CCc1c-2[nH]c2ccc(Oc3ccccc3)cc12. The Hall–Kier alpha value is -3.86. The van der Waals surface area contributed by atoms with Crippen molar-refractivity contribution >= 4 is 21.8 Å². The molecule has 0 unspecified atom stereocenters. The summed E-state index contributed by atoms with van der Waals surface area (Å²) in [6.07, 6.45) is 0.775. The Kier molecular flexibility index (Phi) is 3.38. The summed E-state index contributed by atoms with van der Waals surface area (Å²) in [7, 11) is 0. The Morgan fingerprint density at radius 3 is 2.62 bits per heavy atom. The summed E-state index contributed by atoms with van der Waals surface area (Å²) >= 11 is 0. The maximum atomic E-state index is 12.9. The van der Waals surface area contributed by atoms with Gasteiger partial charge in [-0.3, -0.25) is 9.36 Å². The van der Waals surface area contributed by atoms with Gasteiger partial charge in [0, 0.05) is 17.4 Å². The Labute approximate surface area is 166 Å². The maximum Gasteiger partial charge on any atom is 0.261 e. The number of aromatic amines is 1. The third-order valence-corrected chi connectivity index (χ3v) is 5.53. The molecule has 29 heavy (non-hydrogen) atoms. The molecule has 0 fully saturated rings. The molecule has 0 spiro atoms. The van der Waals surface area contributed by atoms with Gasteiger partial charge in [-0.2, -0.15) is 0 Å². The number of aromatic nitrogens is 3. The number of hydrogen-bond donors (Lipinski definition) is 1. The second-order valence-corrected chi connectivity index (χ2v) is 7.26. The third-order valence-electron chi connectivity index (χ3n) is 5.53. The number of H-pyrrole nitrogens is 1. The zero-order valence-corrected chi connectivity index (χ0v) is 15.6. The lowest BCUT2D eigenvalue weighted by molar-refractivity contribution is 0.483. The fourth-order valence-electron chi connectivity index (χ4n) is 4.16. The molecule has 5 aromatic rings. The quantitative estimate of drug-likeness (QED) is 0.475. The van der Waals surface area contributed by atoms with Crippen LogP contribution < -0.4 is 10.3 Å². The van der Waals surface area contributed by atoms with Gasteiger partial charge in [0.1, 0.15) is 11.5 Å². The van der Waals surface area contributed by atoms with Crippen molar-refractivity contribution in [1.29, 1.82) is 0 Å². The van der Waals surface area contributed by atoms with Crippen LogP contribution in [-0.4, -0.2) is 14.5 Å². The first-order valence-electron chi connectivity index (χ1n) is 9.65. The third kappa shape index (κ3) is 2.48. The molecule has 0 saturated heterocycles.